The van der Waals surface area contributed by atoms with Gasteiger partial charge in [0.15, 0.2) is 0 Å². The SMILES string of the molecule is COc1ccc(CC(=O)NCCc2csc(-n3cccn3)n2)cc1. The third-order valence-electron chi connectivity index (χ3n) is 3.47. The summed E-state index contributed by atoms with van der Waals surface area (Å²) in [5, 5.41) is 9.90. The van der Waals surface area contributed by atoms with Crippen LogP contribution in [-0.2, 0) is 17.6 Å². The summed E-state index contributed by atoms with van der Waals surface area (Å²) in [6, 6.07) is 9.37. The highest BCUT2D eigenvalue weighted by molar-refractivity contribution is 7.12. The van der Waals surface area contributed by atoms with Crippen LogP contribution in [0.1, 0.15) is 11.3 Å². The van der Waals surface area contributed by atoms with Crippen molar-refractivity contribution >= 4 is 17.2 Å². The largest absolute Gasteiger partial charge is 0.497 e. The van der Waals surface area contributed by atoms with Crippen LogP contribution in [0, 0.1) is 0 Å². The first-order chi connectivity index (χ1) is 11.7. The predicted octanol–water partition coefficient (Wildman–Crippen LogP) is 2.24. The topological polar surface area (TPSA) is 69.0 Å². The number of rotatable bonds is 7. The van der Waals surface area contributed by atoms with Crippen LogP contribution in [0.25, 0.3) is 5.13 Å². The number of benzene rings is 1. The third kappa shape index (κ3) is 4.20. The Balaban J connectivity index is 1.45. The second-order valence-corrected chi connectivity index (χ2v) is 6.03. The minimum atomic E-state index is 0.00250. The minimum Gasteiger partial charge on any atom is -0.497 e. The fourth-order valence-corrected chi connectivity index (χ4v) is 3.02. The summed E-state index contributed by atoms with van der Waals surface area (Å²) in [7, 11) is 1.62. The zero-order chi connectivity index (χ0) is 16.8. The molecule has 1 aromatic carbocycles. The van der Waals surface area contributed by atoms with Gasteiger partial charge in [0.1, 0.15) is 5.75 Å². The Morgan fingerprint density at radius 3 is 2.88 bits per heavy atom. The molecule has 24 heavy (non-hydrogen) atoms. The zero-order valence-corrected chi connectivity index (χ0v) is 14.1. The van der Waals surface area contributed by atoms with Gasteiger partial charge < -0.3 is 10.1 Å². The molecule has 1 amide bonds. The van der Waals surface area contributed by atoms with Gasteiger partial charge in [0.05, 0.1) is 19.2 Å². The van der Waals surface area contributed by atoms with Crippen LogP contribution in [0.5, 0.6) is 5.75 Å². The molecule has 0 radical (unpaired) electrons. The van der Waals surface area contributed by atoms with E-state index in [4.69, 9.17) is 4.74 Å². The Kier molecular flexibility index (Phi) is 5.22. The lowest BCUT2D eigenvalue weighted by molar-refractivity contribution is -0.120. The Morgan fingerprint density at radius 1 is 1.33 bits per heavy atom. The van der Waals surface area contributed by atoms with Crippen LogP contribution in [0.2, 0.25) is 0 Å². The van der Waals surface area contributed by atoms with E-state index in [0.29, 0.717) is 19.4 Å². The van der Waals surface area contributed by atoms with Gasteiger partial charge in [0, 0.05) is 30.7 Å². The molecule has 0 aliphatic carbocycles. The monoisotopic (exact) mass is 342 g/mol. The van der Waals surface area contributed by atoms with Gasteiger partial charge in [-0.15, -0.1) is 11.3 Å². The lowest BCUT2D eigenvalue weighted by atomic mass is 10.1. The molecule has 6 nitrogen and oxygen atoms in total. The lowest BCUT2D eigenvalue weighted by Gasteiger charge is -2.05. The molecule has 0 aliphatic heterocycles. The van der Waals surface area contributed by atoms with Gasteiger partial charge >= 0.3 is 0 Å². The van der Waals surface area contributed by atoms with E-state index < -0.39 is 0 Å². The van der Waals surface area contributed by atoms with E-state index in [-0.39, 0.29) is 5.91 Å². The van der Waals surface area contributed by atoms with Crippen LogP contribution in [0.4, 0.5) is 0 Å². The number of nitrogens with zero attached hydrogens (tertiary/aromatic N) is 3. The zero-order valence-electron chi connectivity index (χ0n) is 13.3. The number of nitrogens with one attached hydrogen (secondary N) is 1. The van der Waals surface area contributed by atoms with Crippen molar-refractivity contribution < 1.29 is 9.53 Å². The number of carbonyl (C=O) groups is 1. The normalized spacial score (nSPS) is 10.5. The van der Waals surface area contributed by atoms with Crippen LogP contribution in [0.15, 0.2) is 48.1 Å². The molecule has 2 heterocycles. The summed E-state index contributed by atoms with van der Waals surface area (Å²) in [6.45, 7) is 0.567. The number of carbonyl (C=O) groups excluding carboxylic acids is 1. The smallest absolute Gasteiger partial charge is 0.224 e. The number of amides is 1. The van der Waals surface area contributed by atoms with E-state index in [1.165, 1.54) is 11.3 Å². The van der Waals surface area contributed by atoms with Gasteiger partial charge in [-0.25, -0.2) is 9.67 Å². The fourth-order valence-electron chi connectivity index (χ4n) is 2.22. The maximum atomic E-state index is 12.0. The Bertz CT molecular complexity index is 781. The first-order valence-electron chi connectivity index (χ1n) is 7.58. The number of hydrogen-bond donors (Lipinski definition) is 1. The highest BCUT2D eigenvalue weighted by Gasteiger charge is 2.06. The third-order valence-corrected chi connectivity index (χ3v) is 4.35. The average Bonchev–Trinajstić information content (AvgIpc) is 3.27. The molecule has 0 bridgehead atoms. The first-order valence-corrected chi connectivity index (χ1v) is 8.46. The summed E-state index contributed by atoms with van der Waals surface area (Å²) in [6.07, 6.45) is 4.64. The lowest BCUT2D eigenvalue weighted by Crippen LogP contribution is -2.27. The highest BCUT2D eigenvalue weighted by Crippen LogP contribution is 2.14. The molecule has 124 valence electrons. The number of hydrogen-bond acceptors (Lipinski definition) is 5. The summed E-state index contributed by atoms with van der Waals surface area (Å²) >= 11 is 1.54. The Morgan fingerprint density at radius 2 is 2.17 bits per heavy atom. The summed E-state index contributed by atoms with van der Waals surface area (Å²) < 4.78 is 6.84. The van der Waals surface area contributed by atoms with Gasteiger partial charge in [-0.1, -0.05) is 12.1 Å². The van der Waals surface area contributed by atoms with Gasteiger partial charge in [-0.2, -0.15) is 5.10 Å². The first kappa shape index (κ1) is 16.2. The van der Waals surface area contributed by atoms with Crippen molar-refractivity contribution in [2.75, 3.05) is 13.7 Å². The fraction of sp³-hybridized carbons (Fsp3) is 0.235. The summed E-state index contributed by atoms with van der Waals surface area (Å²) in [5.74, 6) is 0.790. The summed E-state index contributed by atoms with van der Waals surface area (Å²) in [4.78, 5) is 16.5. The molecule has 0 unspecified atom stereocenters. The number of aromatic nitrogens is 3. The van der Waals surface area contributed by atoms with Crippen LogP contribution in [0.3, 0.4) is 0 Å². The molecule has 3 rings (SSSR count). The van der Waals surface area contributed by atoms with Gasteiger partial charge in [0.2, 0.25) is 11.0 Å². The molecular formula is C17H18N4O2S. The number of methoxy groups -OCH3 is 1. The van der Waals surface area contributed by atoms with Gasteiger partial charge in [0.25, 0.3) is 0 Å². The summed E-state index contributed by atoms with van der Waals surface area (Å²) in [5.41, 5.74) is 1.91. The molecular weight excluding hydrogens is 324 g/mol. The molecule has 0 saturated carbocycles. The van der Waals surface area contributed by atoms with Crippen molar-refractivity contribution in [3.63, 3.8) is 0 Å². The standard InChI is InChI=1S/C17H18N4O2S/c1-23-15-5-3-13(4-6-15)11-16(22)18-9-7-14-12-24-17(20-14)21-10-2-8-19-21/h2-6,8,10,12H,7,9,11H2,1H3,(H,18,22). The number of ether oxygens (including phenoxy) is 1. The van der Waals surface area contributed by atoms with Crippen molar-refractivity contribution in [3.05, 3.63) is 59.4 Å². The molecule has 3 aromatic rings. The van der Waals surface area contributed by atoms with Gasteiger partial charge in [-0.05, 0) is 23.8 Å². The Hall–Kier alpha value is -2.67. The Labute approximate surface area is 144 Å². The van der Waals surface area contributed by atoms with E-state index in [0.717, 1.165) is 22.1 Å². The molecule has 1 N–H and O–H groups in total. The predicted molar refractivity (Wildman–Crippen MR) is 92.6 cm³/mol. The number of thiazole rings is 1. The molecule has 0 spiro atoms. The van der Waals surface area contributed by atoms with E-state index in [1.54, 1.807) is 18.0 Å². The quantitative estimate of drug-likeness (QED) is 0.715. The van der Waals surface area contributed by atoms with Crippen molar-refractivity contribution in [2.45, 2.75) is 12.8 Å². The molecule has 0 saturated heterocycles. The highest BCUT2D eigenvalue weighted by atomic mass is 32.1. The molecule has 7 heteroatoms. The maximum Gasteiger partial charge on any atom is 0.224 e. The van der Waals surface area contributed by atoms with Gasteiger partial charge in [-0.3, -0.25) is 4.79 Å². The average molecular weight is 342 g/mol. The van der Waals surface area contributed by atoms with Crippen LogP contribution in [-0.4, -0.2) is 34.3 Å². The maximum absolute atomic E-state index is 12.0. The van der Waals surface area contributed by atoms with E-state index in [2.05, 4.69) is 15.4 Å². The minimum absolute atomic E-state index is 0.00250. The van der Waals surface area contributed by atoms with E-state index in [1.807, 2.05) is 41.9 Å². The van der Waals surface area contributed by atoms with Crippen molar-refractivity contribution in [3.8, 4) is 10.9 Å². The molecule has 0 aliphatic rings. The van der Waals surface area contributed by atoms with Crippen molar-refractivity contribution in [1.29, 1.82) is 0 Å². The van der Waals surface area contributed by atoms with Crippen molar-refractivity contribution in [2.24, 2.45) is 0 Å². The molecule has 0 atom stereocenters. The van der Waals surface area contributed by atoms with Crippen molar-refractivity contribution in [1.82, 2.24) is 20.1 Å². The van der Waals surface area contributed by atoms with E-state index in [9.17, 15) is 4.79 Å². The molecule has 0 fully saturated rings. The van der Waals surface area contributed by atoms with Crippen LogP contribution >= 0.6 is 11.3 Å². The molecule has 2 aromatic heterocycles. The second kappa shape index (κ2) is 7.74. The second-order valence-electron chi connectivity index (χ2n) is 5.20. The van der Waals surface area contributed by atoms with E-state index >= 15 is 0 Å². The van der Waals surface area contributed by atoms with Crippen LogP contribution < -0.4 is 10.1 Å².